The lowest BCUT2D eigenvalue weighted by Gasteiger charge is -2.44. The standard InChI is InChI=1S/C23H29N3O/c1-6-7-8-9-14(2)23(5)18-16(12-22(3,4)13-17(18)27)24-21-19(23)20(25-26-21)15-10-11-15/h6-9,15H,2,10-13H2,1,3-5H3,(H2,24,25,26)/b7-6-,9-8-/t23-/m1/s1. The molecule has 0 aromatic carbocycles. The van der Waals surface area contributed by atoms with Gasteiger partial charge < -0.3 is 5.32 Å². The highest BCUT2D eigenvalue weighted by Crippen LogP contribution is 2.55. The van der Waals surface area contributed by atoms with Crippen molar-refractivity contribution in [1.82, 2.24) is 10.2 Å². The molecule has 1 atom stereocenters. The van der Waals surface area contributed by atoms with Crippen LogP contribution in [0, 0.1) is 5.41 Å². The van der Waals surface area contributed by atoms with Gasteiger partial charge >= 0.3 is 0 Å². The summed E-state index contributed by atoms with van der Waals surface area (Å²) in [6.45, 7) is 12.9. The maximum Gasteiger partial charge on any atom is 0.162 e. The molecule has 0 amide bonds. The van der Waals surface area contributed by atoms with Gasteiger partial charge in [-0.25, -0.2) is 0 Å². The van der Waals surface area contributed by atoms with Gasteiger partial charge in [-0.2, -0.15) is 5.10 Å². The van der Waals surface area contributed by atoms with E-state index < -0.39 is 5.41 Å². The molecule has 0 saturated heterocycles. The molecule has 0 spiro atoms. The third-order valence-corrected chi connectivity index (χ3v) is 6.17. The van der Waals surface area contributed by atoms with Crippen molar-refractivity contribution in [1.29, 1.82) is 0 Å². The van der Waals surface area contributed by atoms with Crippen LogP contribution in [0.4, 0.5) is 5.82 Å². The largest absolute Gasteiger partial charge is 0.342 e. The Hall–Kier alpha value is -2.36. The summed E-state index contributed by atoms with van der Waals surface area (Å²) in [5.41, 5.74) is 4.53. The Morgan fingerprint density at radius 2 is 1.96 bits per heavy atom. The van der Waals surface area contributed by atoms with Gasteiger partial charge in [0, 0.05) is 34.9 Å². The zero-order valence-corrected chi connectivity index (χ0v) is 16.8. The third-order valence-electron chi connectivity index (χ3n) is 6.17. The first-order valence-corrected chi connectivity index (χ1v) is 9.89. The topological polar surface area (TPSA) is 57.8 Å². The molecule has 1 fully saturated rings. The molecule has 0 bridgehead atoms. The maximum atomic E-state index is 13.3. The number of allylic oxidation sites excluding steroid dienone is 7. The van der Waals surface area contributed by atoms with E-state index in [2.05, 4.69) is 42.9 Å². The van der Waals surface area contributed by atoms with Crippen molar-refractivity contribution < 1.29 is 4.79 Å². The highest BCUT2D eigenvalue weighted by molar-refractivity contribution is 6.03. The Morgan fingerprint density at radius 1 is 1.22 bits per heavy atom. The summed E-state index contributed by atoms with van der Waals surface area (Å²) >= 11 is 0. The molecule has 2 heterocycles. The second-order valence-corrected chi connectivity index (χ2v) is 9.09. The molecule has 3 aliphatic rings. The van der Waals surface area contributed by atoms with Gasteiger partial charge in [-0.1, -0.05) is 44.7 Å². The SMILES string of the molecule is C=C(/C=C\C=C/C)[C@]1(C)C2=C(CC(C)(C)CC2=O)Nc2n[nH]c(C3CC3)c21. The highest BCUT2D eigenvalue weighted by Gasteiger charge is 2.50. The van der Waals surface area contributed by atoms with Gasteiger partial charge in [0.15, 0.2) is 11.6 Å². The van der Waals surface area contributed by atoms with Crippen molar-refractivity contribution in [3.8, 4) is 0 Å². The number of hydrogen-bond donors (Lipinski definition) is 2. The van der Waals surface area contributed by atoms with E-state index in [1.165, 1.54) is 18.5 Å². The molecular formula is C23H29N3O. The van der Waals surface area contributed by atoms with Crippen molar-refractivity contribution in [3.05, 3.63) is 59.0 Å². The van der Waals surface area contributed by atoms with Crippen LogP contribution in [0.15, 0.2) is 47.7 Å². The summed E-state index contributed by atoms with van der Waals surface area (Å²) in [5, 5.41) is 11.4. The Labute approximate surface area is 161 Å². The number of rotatable bonds is 4. The van der Waals surface area contributed by atoms with Gasteiger partial charge in [-0.15, -0.1) is 0 Å². The Kier molecular flexibility index (Phi) is 4.06. The number of carbonyl (C=O) groups excluding carboxylic acids is 1. The molecular weight excluding hydrogens is 334 g/mol. The average molecular weight is 364 g/mol. The van der Waals surface area contributed by atoms with Gasteiger partial charge in [-0.3, -0.25) is 9.89 Å². The number of aromatic amines is 1. The van der Waals surface area contributed by atoms with Crippen LogP contribution in [0.5, 0.6) is 0 Å². The van der Waals surface area contributed by atoms with Gasteiger partial charge in [0.1, 0.15) is 0 Å². The zero-order chi connectivity index (χ0) is 19.4. The molecule has 4 rings (SSSR count). The molecule has 4 nitrogen and oxygen atoms in total. The minimum atomic E-state index is -0.549. The van der Waals surface area contributed by atoms with E-state index in [4.69, 9.17) is 0 Å². The minimum Gasteiger partial charge on any atom is -0.342 e. The van der Waals surface area contributed by atoms with Gasteiger partial charge in [0.25, 0.3) is 0 Å². The number of nitrogens with zero attached hydrogens (tertiary/aromatic N) is 1. The van der Waals surface area contributed by atoms with Crippen molar-refractivity contribution in [2.75, 3.05) is 5.32 Å². The fourth-order valence-electron chi connectivity index (χ4n) is 4.67. The lowest BCUT2D eigenvalue weighted by atomic mass is 9.61. The van der Waals surface area contributed by atoms with E-state index >= 15 is 0 Å². The summed E-state index contributed by atoms with van der Waals surface area (Å²) < 4.78 is 0. The molecule has 1 saturated carbocycles. The fraction of sp³-hybridized carbons (Fsp3) is 0.478. The molecule has 0 radical (unpaired) electrons. The Balaban J connectivity index is 1.91. The van der Waals surface area contributed by atoms with Crippen molar-refractivity contribution in [3.63, 3.8) is 0 Å². The van der Waals surface area contributed by atoms with E-state index in [9.17, 15) is 4.79 Å². The molecule has 0 unspecified atom stereocenters. The number of aromatic nitrogens is 2. The summed E-state index contributed by atoms with van der Waals surface area (Å²) in [4.78, 5) is 13.3. The smallest absolute Gasteiger partial charge is 0.162 e. The van der Waals surface area contributed by atoms with E-state index in [0.717, 1.165) is 34.6 Å². The zero-order valence-electron chi connectivity index (χ0n) is 16.8. The molecule has 2 N–H and O–H groups in total. The normalized spacial score (nSPS) is 27.0. The number of H-pyrrole nitrogens is 1. The summed E-state index contributed by atoms with van der Waals surface area (Å²) in [6, 6.07) is 0. The summed E-state index contributed by atoms with van der Waals surface area (Å²) in [6.07, 6.45) is 11.8. The summed E-state index contributed by atoms with van der Waals surface area (Å²) in [7, 11) is 0. The van der Waals surface area contributed by atoms with Crippen LogP contribution in [0.2, 0.25) is 0 Å². The molecule has 4 heteroatoms. The first kappa shape index (κ1) is 18.0. The molecule has 1 aromatic heterocycles. The van der Waals surface area contributed by atoms with Crippen LogP contribution in [0.3, 0.4) is 0 Å². The van der Waals surface area contributed by atoms with Crippen LogP contribution < -0.4 is 5.32 Å². The molecule has 2 aliphatic carbocycles. The third kappa shape index (κ3) is 2.82. The highest BCUT2D eigenvalue weighted by atomic mass is 16.1. The number of carbonyl (C=O) groups is 1. The lowest BCUT2D eigenvalue weighted by Crippen LogP contribution is -2.42. The van der Waals surface area contributed by atoms with E-state index in [0.29, 0.717) is 12.3 Å². The minimum absolute atomic E-state index is 0.0426. The van der Waals surface area contributed by atoms with E-state index in [-0.39, 0.29) is 11.2 Å². The predicted molar refractivity (Wildman–Crippen MR) is 110 cm³/mol. The number of Topliss-reactive ketones (excluding diaryl/α,β-unsaturated/α-hetero) is 1. The monoisotopic (exact) mass is 363 g/mol. The van der Waals surface area contributed by atoms with Crippen LogP contribution in [-0.2, 0) is 10.2 Å². The average Bonchev–Trinajstić information content (AvgIpc) is 3.33. The van der Waals surface area contributed by atoms with Gasteiger partial charge in [0.05, 0.1) is 5.41 Å². The molecule has 1 aromatic rings. The van der Waals surface area contributed by atoms with Crippen molar-refractivity contribution in [2.24, 2.45) is 5.41 Å². The first-order valence-electron chi connectivity index (χ1n) is 9.89. The van der Waals surface area contributed by atoms with Crippen molar-refractivity contribution >= 4 is 11.6 Å². The quantitative estimate of drug-likeness (QED) is 0.714. The van der Waals surface area contributed by atoms with Crippen molar-refractivity contribution in [2.45, 2.75) is 64.7 Å². The second-order valence-electron chi connectivity index (χ2n) is 9.09. The molecule has 1 aliphatic heterocycles. The number of nitrogens with one attached hydrogen (secondary N) is 2. The van der Waals surface area contributed by atoms with Gasteiger partial charge in [-0.05, 0) is 44.1 Å². The first-order chi connectivity index (χ1) is 12.8. The number of ketones is 1. The fourth-order valence-corrected chi connectivity index (χ4v) is 4.67. The molecule has 142 valence electrons. The van der Waals surface area contributed by atoms with E-state index in [1.807, 2.05) is 31.2 Å². The van der Waals surface area contributed by atoms with Crippen LogP contribution in [-0.4, -0.2) is 16.0 Å². The Bertz CT molecular complexity index is 908. The van der Waals surface area contributed by atoms with E-state index in [1.54, 1.807) is 0 Å². The molecule has 27 heavy (non-hydrogen) atoms. The van der Waals surface area contributed by atoms with Crippen LogP contribution in [0.1, 0.15) is 70.6 Å². The lowest BCUT2D eigenvalue weighted by molar-refractivity contribution is -0.118. The number of fused-ring (bicyclic) bond motifs is 1. The predicted octanol–water partition coefficient (Wildman–Crippen LogP) is 5.30. The maximum absolute atomic E-state index is 13.3. The van der Waals surface area contributed by atoms with Crippen LogP contribution in [0.25, 0.3) is 0 Å². The second kappa shape index (κ2) is 6.08. The number of hydrogen-bond acceptors (Lipinski definition) is 3. The Morgan fingerprint density at radius 3 is 2.63 bits per heavy atom. The van der Waals surface area contributed by atoms with Crippen LogP contribution >= 0.6 is 0 Å². The van der Waals surface area contributed by atoms with Gasteiger partial charge in [0.2, 0.25) is 0 Å². The summed E-state index contributed by atoms with van der Waals surface area (Å²) in [5.74, 6) is 1.61. The number of anilines is 1.